The van der Waals surface area contributed by atoms with Crippen LogP contribution in [0, 0.1) is 27.7 Å². The average molecular weight is 656 g/mol. The van der Waals surface area contributed by atoms with Gasteiger partial charge in [0.1, 0.15) is 18.2 Å². The van der Waals surface area contributed by atoms with Gasteiger partial charge in [0.2, 0.25) is 0 Å². The summed E-state index contributed by atoms with van der Waals surface area (Å²) < 4.78 is 16.3. The van der Waals surface area contributed by atoms with Gasteiger partial charge in [-0.05, 0) is 87.9 Å². The van der Waals surface area contributed by atoms with Gasteiger partial charge in [0.25, 0.3) is 5.91 Å². The quantitative estimate of drug-likeness (QED) is 0.130. The van der Waals surface area contributed by atoms with Crippen LogP contribution >= 0.6 is 23.2 Å². The second-order valence-corrected chi connectivity index (χ2v) is 19.5. The predicted molar refractivity (Wildman–Crippen MR) is 183 cm³/mol. The van der Waals surface area contributed by atoms with Gasteiger partial charge in [0, 0.05) is 55.0 Å². The fourth-order valence-electron chi connectivity index (χ4n) is 6.13. The van der Waals surface area contributed by atoms with Crippen LogP contribution in [0.4, 0.5) is 0 Å². The topological polar surface area (TPSA) is 70.3 Å². The van der Waals surface area contributed by atoms with Crippen LogP contribution in [-0.4, -0.2) is 48.1 Å². The zero-order valence-electron chi connectivity index (χ0n) is 27.0. The van der Waals surface area contributed by atoms with Crippen molar-refractivity contribution in [1.82, 2.24) is 19.7 Å². The summed E-state index contributed by atoms with van der Waals surface area (Å²) in [6, 6.07) is 9.07. The third-order valence-corrected chi connectivity index (χ3v) is 11.0. The monoisotopic (exact) mass is 654 g/mol. The van der Waals surface area contributed by atoms with E-state index < -0.39 is 8.07 Å². The SMILES string of the molecule is Cc1cc(OCCCc2c3n(c4c(-c5c(C)nn(COCC[Si](C)(C)C)c5C)c(Cl)ccc24)CCCNC3=O)cc(C)c1Cl. The number of carbonyl (C=O) groups is 1. The summed E-state index contributed by atoms with van der Waals surface area (Å²) in [7, 11) is -1.18. The molecule has 2 aromatic heterocycles. The molecular weight excluding hydrogens is 611 g/mol. The van der Waals surface area contributed by atoms with Gasteiger partial charge in [-0.1, -0.05) is 48.9 Å². The Kier molecular flexibility index (Phi) is 9.85. The molecule has 236 valence electrons. The van der Waals surface area contributed by atoms with Gasteiger partial charge in [0.05, 0.1) is 22.8 Å². The summed E-state index contributed by atoms with van der Waals surface area (Å²) >= 11 is 13.4. The van der Waals surface area contributed by atoms with E-state index in [4.69, 9.17) is 37.8 Å². The highest BCUT2D eigenvalue weighted by atomic mass is 35.5. The summed E-state index contributed by atoms with van der Waals surface area (Å²) in [6.45, 7) is 18.1. The number of halogens is 2. The number of hydrogen-bond donors (Lipinski definition) is 1. The number of fused-ring (bicyclic) bond motifs is 3. The molecule has 1 N–H and O–H groups in total. The van der Waals surface area contributed by atoms with Gasteiger partial charge in [-0.25, -0.2) is 4.68 Å². The normalized spacial score (nSPS) is 13.7. The zero-order chi connectivity index (χ0) is 31.8. The first-order valence-corrected chi connectivity index (χ1v) is 20.0. The van der Waals surface area contributed by atoms with Crippen LogP contribution in [0.25, 0.3) is 22.0 Å². The van der Waals surface area contributed by atoms with E-state index in [2.05, 4.69) is 42.5 Å². The van der Waals surface area contributed by atoms with Crippen LogP contribution in [-0.2, 0) is 24.4 Å². The molecule has 3 heterocycles. The smallest absolute Gasteiger partial charge is 0.268 e. The van der Waals surface area contributed by atoms with Crippen LogP contribution in [0.5, 0.6) is 5.75 Å². The summed E-state index contributed by atoms with van der Waals surface area (Å²) in [5, 5.41) is 10.4. The standard InChI is InChI=1S/C34H44Cl2N4O3Si/c1-21-18-25(19-22(2)31(21)36)43-15-8-10-26-27-11-12-28(35)30(32(27)39-14-9-13-37-34(41)33(26)39)29-23(3)38-40(24(29)4)20-42-16-17-44(5,6)7/h11-12,18-19H,8-10,13-17,20H2,1-7H3,(H,37,41). The van der Waals surface area contributed by atoms with Crippen LogP contribution in [0.2, 0.25) is 35.7 Å². The van der Waals surface area contributed by atoms with Gasteiger partial charge in [-0.2, -0.15) is 5.10 Å². The average Bonchev–Trinajstić information content (AvgIpc) is 3.33. The van der Waals surface area contributed by atoms with Crippen molar-refractivity contribution in [2.75, 3.05) is 19.8 Å². The molecule has 0 spiro atoms. The Hall–Kier alpha value is -2.78. The van der Waals surface area contributed by atoms with Crippen molar-refractivity contribution in [3.05, 3.63) is 68.1 Å². The van der Waals surface area contributed by atoms with Gasteiger partial charge in [-0.3, -0.25) is 4.79 Å². The highest BCUT2D eigenvalue weighted by molar-refractivity contribution is 6.76. The molecule has 4 aromatic rings. The number of benzene rings is 2. The molecule has 0 saturated carbocycles. The maximum atomic E-state index is 13.5. The third kappa shape index (κ3) is 6.74. The lowest BCUT2D eigenvalue weighted by atomic mass is 9.98. The first-order chi connectivity index (χ1) is 20.9. The van der Waals surface area contributed by atoms with Crippen molar-refractivity contribution in [2.45, 2.75) is 85.9 Å². The number of rotatable bonds is 11. The Morgan fingerprint density at radius 2 is 1.75 bits per heavy atom. The van der Waals surface area contributed by atoms with E-state index >= 15 is 0 Å². The fourth-order valence-corrected chi connectivity index (χ4v) is 7.24. The number of aryl methyl sites for hydroxylation is 5. The van der Waals surface area contributed by atoms with Crippen LogP contribution < -0.4 is 10.1 Å². The Labute approximate surface area is 271 Å². The molecule has 10 heteroatoms. The Morgan fingerprint density at radius 1 is 1.02 bits per heavy atom. The zero-order valence-corrected chi connectivity index (χ0v) is 29.5. The number of amides is 1. The maximum absolute atomic E-state index is 13.5. The molecule has 0 radical (unpaired) electrons. The number of ether oxygens (including phenoxy) is 2. The second kappa shape index (κ2) is 13.3. The van der Waals surface area contributed by atoms with E-state index in [9.17, 15) is 4.79 Å². The predicted octanol–water partition coefficient (Wildman–Crippen LogP) is 8.50. The molecule has 7 nitrogen and oxygen atoms in total. The van der Waals surface area contributed by atoms with Crippen LogP contribution in [0.1, 0.15) is 51.4 Å². The number of nitrogens with zero attached hydrogens (tertiary/aromatic N) is 3. The lowest BCUT2D eigenvalue weighted by Crippen LogP contribution is -2.24. The number of aromatic nitrogens is 3. The van der Waals surface area contributed by atoms with Crippen molar-refractivity contribution in [2.24, 2.45) is 0 Å². The van der Waals surface area contributed by atoms with Crippen molar-refractivity contribution in [3.8, 4) is 16.9 Å². The maximum Gasteiger partial charge on any atom is 0.268 e. The van der Waals surface area contributed by atoms with Crippen LogP contribution in [0.3, 0.4) is 0 Å². The molecule has 2 aromatic carbocycles. The minimum absolute atomic E-state index is 0.0411. The lowest BCUT2D eigenvalue weighted by Gasteiger charge is -2.16. The van der Waals surface area contributed by atoms with Crippen molar-refractivity contribution in [1.29, 1.82) is 0 Å². The molecule has 5 rings (SSSR count). The van der Waals surface area contributed by atoms with Crippen molar-refractivity contribution in [3.63, 3.8) is 0 Å². The molecule has 1 aliphatic heterocycles. The van der Waals surface area contributed by atoms with E-state index in [1.54, 1.807) is 0 Å². The van der Waals surface area contributed by atoms with Gasteiger partial charge in [0.15, 0.2) is 0 Å². The third-order valence-electron chi connectivity index (χ3n) is 8.43. The lowest BCUT2D eigenvalue weighted by molar-refractivity contribution is 0.0770. The van der Waals surface area contributed by atoms with Gasteiger partial charge < -0.3 is 19.4 Å². The summed E-state index contributed by atoms with van der Waals surface area (Å²) in [6.07, 6.45) is 2.29. The molecule has 1 aliphatic rings. The Morgan fingerprint density at radius 3 is 2.45 bits per heavy atom. The van der Waals surface area contributed by atoms with E-state index in [-0.39, 0.29) is 5.91 Å². The van der Waals surface area contributed by atoms with Gasteiger partial charge in [-0.15, -0.1) is 0 Å². The van der Waals surface area contributed by atoms with E-state index in [0.717, 1.165) is 98.6 Å². The summed E-state index contributed by atoms with van der Waals surface area (Å²) in [5.41, 5.74) is 8.57. The molecule has 0 bridgehead atoms. The van der Waals surface area contributed by atoms with Gasteiger partial charge >= 0.3 is 0 Å². The Bertz CT molecular complexity index is 1680. The molecule has 0 atom stereocenters. The molecule has 0 aliphatic carbocycles. The summed E-state index contributed by atoms with van der Waals surface area (Å²) in [4.78, 5) is 13.5. The summed E-state index contributed by atoms with van der Waals surface area (Å²) in [5.74, 6) is 0.768. The largest absolute Gasteiger partial charge is 0.494 e. The fraction of sp³-hybridized carbons (Fsp3) is 0.471. The first kappa shape index (κ1) is 32.6. The number of hydrogen-bond acceptors (Lipinski definition) is 4. The molecule has 1 amide bonds. The van der Waals surface area contributed by atoms with Crippen LogP contribution in [0.15, 0.2) is 24.3 Å². The molecule has 0 saturated heterocycles. The number of carbonyl (C=O) groups excluding carboxylic acids is 1. The van der Waals surface area contributed by atoms with Crippen molar-refractivity contribution >= 4 is 48.1 Å². The minimum Gasteiger partial charge on any atom is -0.494 e. The molecular formula is C34H44Cl2N4O3Si. The number of nitrogens with one attached hydrogen (secondary N) is 1. The second-order valence-electron chi connectivity index (χ2n) is 13.1. The van der Waals surface area contributed by atoms with E-state index in [0.29, 0.717) is 31.3 Å². The molecule has 0 fully saturated rings. The highest BCUT2D eigenvalue weighted by Crippen LogP contribution is 2.42. The molecule has 0 unspecified atom stereocenters. The Balaban J connectivity index is 1.49. The highest BCUT2D eigenvalue weighted by Gasteiger charge is 2.29. The first-order valence-electron chi connectivity index (χ1n) is 15.5. The van der Waals surface area contributed by atoms with E-state index in [1.807, 2.05) is 43.7 Å². The van der Waals surface area contributed by atoms with Crippen molar-refractivity contribution < 1.29 is 14.3 Å². The van der Waals surface area contributed by atoms with E-state index in [1.165, 1.54) is 0 Å². The minimum atomic E-state index is -1.18. The molecule has 44 heavy (non-hydrogen) atoms.